The van der Waals surface area contributed by atoms with Crippen LogP contribution in [0, 0.1) is 0 Å². The first-order valence-corrected chi connectivity index (χ1v) is 25.6. The van der Waals surface area contributed by atoms with Crippen molar-refractivity contribution in [1.82, 2.24) is 14.2 Å². The third-order valence-corrected chi connectivity index (χ3v) is 15.6. The summed E-state index contributed by atoms with van der Waals surface area (Å²) in [7, 11) is 6.20. The molecule has 4 aromatic rings. The fourth-order valence-electron chi connectivity index (χ4n) is 7.84. The van der Waals surface area contributed by atoms with Crippen LogP contribution in [0.5, 0.6) is 11.5 Å². The largest absolute Gasteiger partial charge is 0.497 e. The van der Waals surface area contributed by atoms with Crippen LogP contribution < -0.4 is 20.7 Å². The summed E-state index contributed by atoms with van der Waals surface area (Å²) in [6.45, 7) is 10.6. The van der Waals surface area contributed by atoms with Gasteiger partial charge in [-0.15, -0.1) is 0 Å². The highest BCUT2D eigenvalue weighted by molar-refractivity contribution is 8.76. The van der Waals surface area contributed by atoms with Crippen LogP contribution in [0.1, 0.15) is 50.6 Å². The molecule has 15 nitrogen and oxygen atoms in total. The second-order valence-electron chi connectivity index (χ2n) is 16.1. The topological polar surface area (TPSA) is 150 Å². The summed E-state index contributed by atoms with van der Waals surface area (Å²) in [6.07, 6.45) is -5.30. The number of nitrogens with one attached hydrogen (secondary N) is 1. The number of aromatic nitrogens is 2. The maximum absolute atomic E-state index is 17.6. The van der Waals surface area contributed by atoms with Crippen molar-refractivity contribution in [2.75, 3.05) is 79.1 Å². The lowest BCUT2D eigenvalue weighted by atomic mass is 9.80. The number of H-pyrrole nitrogens is 1. The van der Waals surface area contributed by atoms with Gasteiger partial charge in [-0.1, -0.05) is 76.2 Å². The van der Waals surface area contributed by atoms with E-state index >= 15 is 4.39 Å². The SMILES string of the molecule is COCCOCCOCCO[C@@H]1CSSC[C@H]1OP(O[C@H]1[C@@H](F)[C@H](n2ccc(=O)[nH]c2=O)O[C@@H]1COC(c1ccccc1)(c1ccc(OC)cc1)c1ccc(OC)cc1)N(C(C)C)C(C)C. The summed E-state index contributed by atoms with van der Waals surface area (Å²) in [5, 5.41) is 0. The zero-order valence-corrected chi connectivity index (χ0v) is 41.1. The highest BCUT2D eigenvalue weighted by Crippen LogP contribution is 2.53. The molecule has 1 N–H and O–H groups in total. The van der Waals surface area contributed by atoms with Crippen LogP contribution in [0.25, 0.3) is 0 Å². The van der Waals surface area contributed by atoms with Crippen molar-refractivity contribution in [3.05, 3.63) is 129 Å². The second-order valence-corrected chi connectivity index (χ2v) is 20.0. The first-order valence-electron chi connectivity index (χ1n) is 22.0. The zero-order chi connectivity index (χ0) is 47.1. The average molecular weight is 976 g/mol. The first kappa shape index (κ1) is 52.0. The summed E-state index contributed by atoms with van der Waals surface area (Å²) in [5.41, 5.74) is -0.416. The first-order chi connectivity index (χ1) is 32.0. The monoisotopic (exact) mass is 975 g/mol. The molecule has 7 atom stereocenters. The number of hydrogen-bond donors (Lipinski definition) is 1. The van der Waals surface area contributed by atoms with Crippen molar-refractivity contribution in [1.29, 1.82) is 0 Å². The maximum Gasteiger partial charge on any atom is 0.330 e. The van der Waals surface area contributed by atoms with Gasteiger partial charge in [0.1, 0.15) is 35.4 Å². The minimum Gasteiger partial charge on any atom is -0.497 e. The molecule has 1 aromatic heterocycles. The zero-order valence-electron chi connectivity index (χ0n) is 38.6. The Labute approximate surface area is 395 Å². The lowest BCUT2D eigenvalue weighted by Gasteiger charge is -2.41. The molecule has 0 bridgehead atoms. The molecule has 1 unspecified atom stereocenters. The standard InChI is InChI=1S/C47H63FN3O12PS2/c1-32(2)51(33(3)4)64(62-41-31-66-65-30-40(41)59-28-27-58-26-25-57-24-23-54-5)63-44-39(61-45(43(44)48)50-22-21-42(52)49-46(50)53)29-60-47(34-11-9-8-10-12-34,35-13-17-37(55-6)18-14-35)36-15-19-38(56-7)20-16-36/h8-22,32-33,39-41,43-45H,23-31H2,1-7H3,(H,49,52,53)/t39-,40-,41-,43-,44-,45-,64?/m1/s1. The smallest absolute Gasteiger partial charge is 0.330 e. The van der Waals surface area contributed by atoms with E-state index in [1.807, 2.05) is 107 Å². The van der Waals surface area contributed by atoms with Crippen LogP contribution >= 0.6 is 30.1 Å². The highest BCUT2D eigenvalue weighted by atomic mass is 33.1. The van der Waals surface area contributed by atoms with Gasteiger partial charge in [0.15, 0.2) is 12.4 Å². The molecule has 3 heterocycles. The highest BCUT2D eigenvalue weighted by Gasteiger charge is 2.52. The van der Waals surface area contributed by atoms with Crippen molar-refractivity contribution < 1.29 is 51.3 Å². The third-order valence-electron chi connectivity index (χ3n) is 11.0. The van der Waals surface area contributed by atoms with Crippen molar-refractivity contribution in [3.8, 4) is 11.5 Å². The number of hydrogen-bond acceptors (Lipinski definition) is 15. The Morgan fingerprint density at radius 2 is 1.32 bits per heavy atom. The Kier molecular flexibility index (Phi) is 20.4. The molecule has 0 aliphatic carbocycles. The quantitative estimate of drug-likeness (QED) is 0.0289. The van der Waals surface area contributed by atoms with E-state index in [9.17, 15) is 9.59 Å². The number of benzene rings is 3. The Morgan fingerprint density at radius 1 is 0.758 bits per heavy atom. The molecule has 2 saturated heterocycles. The number of rotatable bonds is 26. The molecule has 2 fully saturated rings. The Balaban J connectivity index is 1.34. The minimum atomic E-state index is -2.01. The average Bonchev–Trinajstić information content (AvgIpc) is 3.62. The molecule has 0 amide bonds. The molecule has 0 saturated carbocycles. The number of nitrogens with zero attached hydrogens (tertiary/aromatic N) is 2. The molecular formula is C47H63FN3O12PS2. The van der Waals surface area contributed by atoms with E-state index in [-0.39, 0.29) is 24.8 Å². The van der Waals surface area contributed by atoms with Gasteiger partial charge in [0.05, 0.1) is 66.6 Å². The van der Waals surface area contributed by atoms with E-state index in [4.69, 9.17) is 46.9 Å². The predicted octanol–water partition coefficient (Wildman–Crippen LogP) is 7.37. The molecule has 66 heavy (non-hydrogen) atoms. The molecule has 2 aliphatic heterocycles. The van der Waals surface area contributed by atoms with Gasteiger partial charge in [-0.2, -0.15) is 0 Å². The number of aromatic amines is 1. The third kappa shape index (κ3) is 13.2. The Hall–Kier alpha value is -3.36. The molecule has 6 rings (SSSR count). The van der Waals surface area contributed by atoms with E-state index in [0.717, 1.165) is 27.3 Å². The van der Waals surface area contributed by atoms with Crippen LogP contribution in [0.3, 0.4) is 0 Å². The van der Waals surface area contributed by atoms with Crippen LogP contribution in [0.2, 0.25) is 0 Å². The fraction of sp³-hybridized carbons (Fsp3) is 0.532. The Bertz CT molecular complexity index is 2100. The lowest BCUT2D eigenvalue weighted by molar-refractivity contribution is -0.0945. The van der Waals surface area contributed by atoms with Crippen molar-refractivity contribution in [3.63, 3.8) is 0 Å². The van der Waals surface area contributed by atoms with E-state index in [1.54, 1.807) is 42.9 Å². The van der Waals surface area contributed by atoms with Crippen LogP contribution in [-0.2, 0) is 43.1 Å². The number of methoxy groups -OCH3 is 3. The van der Waals surface area contributed by atoms with Crippen LogP contribution in [0.15, 0.2) is 101 Å². The van der Waals surface area contributed by atoms with Gasteiger partial charge in [-0.25, -0.2) is 13.9 Å². The van der Waals surface area contributed by atoms with Gasteiger partial charge in [0.2, 0.25) is 0 Å². The normalized spacial score (nSPS) is 21.7. The molecule has 0 radical (unpaired) electrons. The van der Waals surface area contributed by atoms with Gasteiger partial charge in [-0.3, -0.25) is 14.3 Å². The predicted molar refractivity (Wildman–Crippen MR) is 255 cm³/mol. The minimum absolute atomic E-state index is 0.0795. The maximum atomic E-state index is 17.6. The summed E-state index contributed by atoms with van der Waals surface area (Å²) in [6, 6.07) is 25.9. The van der Waals surface area contributed by atoms with E-state index < -0.39 is 56.1 Å². The molecule has 0 spiro atoms. The van der Waals surface area contributed by atoms with Gasteiger partial charge >= 0.3 is 5.69 Å². The summed E-state index contributed by atoms with van der Waals surface area (Å²) in [5.74, 6) is 2.57. The summed E-state index contributed by atoms with van der Waals surface area (Å²) >= 11 is 0. The van der Waals surface area contributed by atoms with E-state index in [0.29, 0.717) is 62.6 Å². The van der Waals surface area contributed by atoms with Crippen LogP contribution in [-0.4, -0.2) is 136 Å². The molecule has 2 aliphatic rings. The Morgan fingerprint density at radius 3 is 1.88 bits per heavy atom. The van der Waals surface area contributed by atoms with Crippen molar-refractivity contribution >= 4 is 30.1 Å². The van der Waals surface area contributed by atoms with Gasteiger partial charge in [-0.05, 0) is 68.7 Å². The molecule has 3 aromatic carbocycles. The van der Waals surface area contributed by atoms with Crippen LogP contribution in [0.4, 0.5) is 4.39 Å². The van der Waals surface area contributed by atoms with Gasteiger partial charge in [0, 0.05) is 43.0 Å². The molecular weight excluding hydrogens is 913 g/mol. The number of ether oxygens (including phenoxy) is 8. The number of halogens is 1. The summed E-state index contributed by atoms with van der Waals surface area (Å²) < 4.78 is 82.2. The number of alkyl halides is 1. The fourth-order valence-corrected chi connectivity index (χ4v) is 12.3. The summed E-state index contributed by atoms with van der Waals surface area (Å²) in [4.78, 5) is 27.7. The van der Waals surface area contributed by atoms with Crippen molar-refractivity contribution in [2.45, 2.75) is 82.2 Å². The van der Waals surface area contributed by atoms with Gasteiger partial charge in [0.25, 0.3) is 14.1 Å². The van der Waals surface area contributed by atoms with E-state index in [2.05, 4.69) is 9.65 Å². The molecule has 19 heteroatoms. The van der Waals surface area contributed by atoms with Gasteiger partial charge < -0.3 is 46.9 Å². The lowest BCUT2D eigenvalue weighted by Crippen LogP contribution is -2.44. The molecule has 362 valence electrons. The second kappa shape index (κ2) is 25.8. The van der Waals surface area contributed by atoms with Crippen molar-refractivity contribution in [2.24, 2.45) is 0 Å². The van der Waals surface area contributed by atoms with E-state index in [1.165, 1.54) is 6.20 Å².